The van der Waals surface area contributed by atoms with Crippen molar-refractivity contribution >= 4 is 33.1 Å². The third kappa shape index (κ3) is 1.70. The van der Waals surface area contributed by atoms with Gasteiger partial charge in [0.25, 0.3) is 10.1 Å². The Balaban J connectivity index is 3.38. The molecule has 62 valence electrons. The summed E-state index contributed by atoms with van der Waals surface area (Å²) < 4.78 is 41.3. The van der Waals surface area contributed by atoms with Crippen molar-refractivity contribution in [1.82, 2.24) is 0 Å². The van der Waals surface area contributed by atoms with E-state index < -0.39 is 20.8 Å². The second kappa shape index (κ2) is 2.71. The minimum Gasteiger partial charge on any atom is -0.282 e. The van der Waals surface area contributed by atoms with E-state index in [2.05, 4.69) is 0 Å². The van der Waals surface area contributed by atoms with Gasteiger partial charge in [0.1, 0.15) is 9.23 Å². The van der Waals surface area contributed by atoms with Gasteiger partial charge in [-0.15, -0.1) is 11.3 Å². The zero-order chi connectivity index (χ0) is 8.65. The second-order valence-corrected chi connectivity index (χ2v) is 4.53. The van der Waals surface area contributed by atoms with Crippen molar-refractivity contribution in [3.05, 3.63) is 15.5 Å². The van der Waals surface area contributed by atoms with Crippen LogP contribution in [0.25, 0.3) is 0 Å². The van der Waals surface area contributed by atoms with Crippen molar-refractivity contribution < 1.29 is 17.4 Å². The molecule has 1 heterocycles. The zero-order valence-electron chi connectivity index (χ0n) is 4.91. The Morgan fingerprint density at radius 1 is 1.64 bits per heavy atom. The number of halogens is 2. The van der Waals surface area contributed by atoms with Gasteiger partial charge in [0, 0.05) is 5.38 Å². The lowest BCUT2D eigenvalue weighted by Gasteiger charge is -1.89. The summed E-state index contributed by atoms with van der Waals surface area (Å²) in [5.74, 6) is -1.10. The molecular weight excluding hydrogens is 215 g/mol. The summed E-state index contributed by atoms with van der Waals surface area (Å²) >= 11 is 5.91. The van der Waals surface area contributed by atoms with Gasteiger partial charge < -0.3 is 0 Å². The minimum absolute atomic E-state index is 0.280. The van der Waals surface area contributed by atoms with E-state index in [1.54, 1.807) is 0 Å². The van der Waals surface area contributed by atoms with Crippen LogP contribution in [0.15, 0.2) is 10.3 Å². The highest BCUT2D eigenvalue weighted by Crippen LogP contribution is 2.28. The highest BCUT2D eigenvalue weighted by molar-refractivity contribution is 7.86. The smallest absolute Gasteiger partial charge is 0.282 e. The van der Waals surface area contributed by atoms with E-state index in [-0.39, 0.29) is 4.34 Å². The van der Waals surface area contributed by atoms with Crippen LogP contribution in [0.1, 0.15) is 0 Å². The maximum Gasteiger partial charge on any atom is 0.298 e. The maximum absolute atomic E-state index is 12.6. The Labute approximate surface area is 71.2 Å². The molecule has 1 N–H and O–H groups in total. The summed E-state index contributed by atoms with van der Waals surface area (Å²) in [4.78, 5) is -0.771. The molecule has 0 fully saturated rings. The van der Waals surface area contributed by atoms with Gasteiger partial charge >= 0.3 is 0 Å². The summed E-state index contributed by atoms with van der Waals surface area (Å²) in [6.07, 6.45) is 0. The molecule has 1 rings (SSSR count). The predicted molar refractivity (Wildman–Crippen MR) is 39.1 cm³/mol. The quantitative estimate of drug-likeness (QED) is 0.729. The van der Waals surface area contributed by atoms with Crippen molar-refractivity contribution in [2.75, 3.05) is 0 Å². The predicted octanol–water partition coefficient (Wildman–Crippen LogP) is 1.79. The number of thiophene rings is 1. The molecule has 0 saturated carbocycles. The monoisotopic (exact) mass is 216 g/mol. The molecule has 0 aliphatic heterocycles. The number of hydrogen-bond donors (Lipinski definition) is 1. The molecule has 0 bridgehead atoms. The van der Waals surface area contributed by atoms with Gasteiger partial charge in [-0.05, 0) is 0 Å². The van der Waals surface area contributed by atoms with Crippen LogP contribution in [0.4, 0.5) is 4.39 Å². The lowest BCUT2D eigenvalue weighted by Crippen LogP contribution is -1.97. The third-order valence-corrected chi connectivity index (χ3v) is 3.11. The first-order valence-electron chi connectivity index (χ1n) is 2.33. The summed E-state index contributed by atoms with van der Waals surface area (Å²) in [6.45, 7) is 0. The van der Waals surface area contributed by atoms with Crippen molar-refractivity contribution in [2.24, 2.45) is 0 Å². The zero-order valence-corrected chi connectivity index (χ0v) is 7.30. The number of rotatable bonds is 1. The molecule has 1 aromatic rings. The van der Waals surface area contributed by atoms with Gasteiger partial charge in [-0.1, -0.05) is 11.6 Å². The average molecular weight is 217 g/mol. The van der Waals surface area contributed by atoms with Crippen LogP contribution >= 0.6 is 22.9 Å². The van der Waals surface area contributed by atoms with Crippen molar-refractivity contribution in [2.45, 2.75) is 4.90 Å². The molecule has 11 heavy (non-hydrogen) atoms. The summed E-state index contributed by atoms with van der Waals surface area (Å²) in [5.41, 5.74) is 0. The summed E-state index contributed by atoms with van der Waals surface area (Å²) in [7, 11) is -4.46. The van der Waals surface area contributed by atoms with E-state index in [4.69, 9.17) is 16.2 Å². The molecule has 0 radical (unpaired) electrons. The average Bonchev–Trinajstić information content (AvgIpc) is 2.11. The Morgan fingerprint density at radius 2 is 2.18 bits per heavy atom. The van der Waals surface area contributed by atoms with E-state index >= 15 is 0 Å². The van der Waals surface area contributed by atoms with E-state index in [0.29, 0.717) is 11.3 Å². The van der Waals surface area contributed by atoms with Gasteiger partial charge in [-0.2, -0.15) is 8.42 Å². The molecule has 0 aromatic carbocycles. The van der Waals surface area contributed by atoms with Crippen LogP contribution < -0.4 is 0 Å². The largest absolute Gasteiger partial charge is 0.298 e. The molecule has 0 spiro atoms. The van der Waals surface area contributed by atoms with Gasteiger partial charge in [-0.25, -0.2) is 4.39 Å². The van der Waals surface area contributed by atoms with Crippen LogP contribution in [0.2, 0.25) is 4.34 Å². The third-order valence-electron chi connectivity index (χ3n) is 0.936. The van der Waals surface area contributed by atoms with Gasteiger partial charge in [-0.3, -0.25) is 4.55 Å². The first-order valence-corrected chi connectivity index (χ1v) is 5.02. The Kier molecular flexibility index (Phi) is 2.19. The maximum atomic E-state index is 12.6. The first kappa shape index (κ1) is 8.92. The van der Waals surface area contributed by atoms with E-state index in [1.807, 2.05) is 0 Å². The first-order chi connectivity index (χ1) is 4.93. The fourth-order valence-electron chi connectivity index (χ4n) is 0.480. The highest BCUT2D eigenvalue weighted by atomic mass is 35.5. The molecule has 0 atom stereocenters. The highest BCUT2D eigenvalue weighted by Gasteiger charge is 2.19. The Bertz CT molecular complexity index is 369. The fourth-order valence-corrected chi connectivity index (χ4v) is 2.32. The fraction of sp³-hybridized carbons (Fsp3) is 0. The van der Waals surface area contributed by atoms with Gasteiger partial charge in [0.2, 0.25) is 0 Å². The lowest BCUT2D eigenvalue weighted by atomic mass is 10.6. The van der Waals surface area contributed by atoms with Crippen LogP contribution in [-0.4, -0.2) is 13.0 Å². The van der Waals surface area contributed by atoms with E-state index in [9.17, 15) is 12.8 Å². The Hall–Kier alpha value is -0.170. The van der Waals surface area contributed by atoms with Crippen LogP contribution in [0.3, 0.4) is 0 Å². The molecule has 7 heteroatoms. The SMILES string of the molecule is O=S(=O)(O)c1csc(Cl)c1F. The van der Waals surface area contributed by atoms with Gasteiger partial charge in [0.05, 0.1) is 0 Å². The normalized spacial score (nSPS) is 11.9. The van der Waals surface area contributed by atoms with Crippen LogP contribution in [-0.2, 0) is 10.1 Å². The van der Waals surface area contributed by atoms with Gasteiger partial charge in [0.15, 0.2) is 5.82 Å². The molecule has 0 aliphatic carbocycles. The van der Waals surface area contributed by atoms with Crippen molar-refractivity contribution in [1.29, 1.82) is 0 Å². The standard InChI is InChI=1S/C4H2ClFO3S2/c5-4-3(6)2(1-10-4)11(7,8)9/h1H,(H,7,8,9). The molecule has 0 unspecified atom stereocenters. The molecular formula is C4H2ClFO3S2. The van der Waals surface area contributed by atoms with Crippen molar-refractivity contribution in [3.8, 4) is 0 Å². The van der Waals surface area contributed by atoms with Crippen LogP contribution in [0.5, 0.6) is 0 Å². The summed E-state index contributed by atoms with van der Waals surface area (Å²) in [5, 5.41) is 0.938. The second-order valence-electron chi connectivity index (χ2n) is 1.66. The minimum atomic E-state index is -4.46. The molecule has 0 amide bonds. The van der Waals surface area contributed by atoms with Crippen molar-refractivity contribution in [3.63, 3.8) is 0 Å². The topological polar surface area (TPSA) is 54.4 Å². The Morgan fingerprint density at radius 3 is 2.36 bits per heavy atom. The molecule has 0 saturated heterocycles. The van der Waals surface area contributed by atoms with E-state index in [1.165, 1.54) is 0 Å². The number of hydrogen-bond acceptors (Lipinski definition) is 3. The van der Waals surface area contributed by atoms with E-state index in [0.717, 1.165) is 5.38 Å². The summed E-state index contributed by atoms with van der Waals surface area (Å²) in [6, 6.07) is 0. The molecule has 1 aromatic heterocycles. The lowest BCUT2D eigenvalue weighted by molar-refractivity contribution is 0.475. The molecule has 0 aliphatic rings. The van der Waals surface area contributed by atoms with Crippen LogP contribution in [0, 0.1) is 5.82 Å². The molecule has 3 nitrogen and oxygen atoms in total.